The molecule has 0 spiro atoms. The smallest absolute Gasteiger partial charge is 0.407 e. The van der Waals surface area contributed by atoms with Gasteiger partial charge in [-0.05, 0) is 61.4 Å². The van der Waals surface area contributed by atoms with Gasteiger partial charge in [-0.25, -0.2) is 9.59 Å². The van der Waals surface area contributed by atoms with Crippen molar-refractivity contribution in [1.29, 1.82) is 0 Å². The summed E-state index contributed by atoms with van der Waals surface area (Å²) in [5.74, 6) is 7.80. The van der Waals surface area contributed by atoms with E-state index in [9.17, 15) is 19.2 Å². The van der Waals surface area contributed by atoms with Gasteiger partial charge in [-0.15, -0.1) is 11.8 Å². The third-order valence-corrected chi connectivity index (χ3v) is 14.4. The SMILES string of the molecule is CC(=O)O[C@@H]1C[C@H](n2cc(C)c(=O)[nH]c2=O)O[C@@H]1CO[Si](OCCCCCCNC(=O)OC[C@@H]1[C@@H]2CCC#CCC[C@@H]21)(C(C)C)C(C)C. The summed E-state index contributed by atoms with van der Waals surface area (Å²) in [4.78, 5) is 50.8. The number of ether oxygens (including phenoxy) is 3. The van der Waals surface area contributed by atoms with Crippen molar-refractivity contribution in [2.24, 2.45) is 17.8 Å². The quantitative estimate of drug-likeness (QED) is 0.0989. The Kier molecular flexibility index (Phi) is 13.9. The molecular weight excluding hydrogens is 634 g/mol. The van der Waals surface area contributed by atoms with Gasteiger partial charge in [-0.3, -0.25) is 19.1 Å². The molecule has 2 aliphatic carbocycles. The van der Waals surface area contributed by atoms with Gasteiger partial charge < -0.3 is 28.4 Å². The summed E-state index contributed by atoms with van der Waals surface area (Å²) >= 11 is 0. The maximum absolute atomic E-state index is 12.5. The first kappa shape index (κ1) is 37.9. The van der Waals surface area contributed by atoms with Gasteiger partial charge in [0.05, 0.1) is 13.2 Å². The summed E-state index contributed by atoms with van der Waals surface area (Å²) in [6.07, 6.45) is 7.24. The third-order valence-electron chi connectivity index (χ3n) is 9.95. The number of aromatic amines is 1. The molecule has 3 aliphatic rings. The molecule has 1 amide bonds. The molecule has 13 heteroatoms. The van der Waals surface area contributed by atoms with Crippen LogP contribution in [-0.4, -0.2) is 68.7 Å². The summed E-state index contributed by atoms with van der Waals surface area (Å²) in [5, 5.41) is 2.89. The second-order valence-corrected chi connectivity index (χ2v) is 18.4. The second-order valence-electron chi connectivity index (χ2n) is 14.0. The molecule has 6 atom stereocenters. The minimum absolute atomic E-state index is 0.142. The first-order valence-corrected chi connectivity index (χ1v) is 19.7. The molecule has 1 saturated heterocycles. The second kappa shape index (κ2) is 17.6. The summed E-state index contributed by atoms with van der Waals surface area (Å²) in [6.45, 7) is 13.2. The molecule has 1 aromatic rings. The van der Waals surface area contributed by atoms with Crippen molar-refractivity contribution in [3.8, 4) is 11.8 Å². The van der Waals surface area contributed by atoms with Crippen molar-refractivity contribution in [3.05, 3.63) is 32.6 Å². The van der Waals surface area contributed by atoms with Crippen molar-refractivity contribution in [3.63, 3.8) is 0 Å². The van der Waals surface area contributed by atoms with Crippen LogP contribution in [0.4, 0.5) is 4.79 Å². The number of hydrogen-bond acceptors (Lipinski definition) is 9. The number of aromatic nitrogens is 2. The number of alkyl carbamates (subject to hydrolysis) is 1. The Bertz CT molecular complexity index is 1390. The van der Waals surface area contributed by atoms with Crippen LogP contribution >= 0.6 is 0 Å². The zero-order valence-electron chi connectivity index (χ0n) is 29.5. The van der Waals surface area contributed by atoms with E-state index in [0.29, 0.717) is 43.1 Å². The number of aryl methyl sites for hydroxylation is 1. The van der Waals surface area contributed by atoms with Crippen molar-refractivity contribution < 1.29 is 32.7 Å². The molecule has 1 saturated carbocycles. The highest BCUT2D eigenvalue weighted by atomic mass is 28.4. The number of nitrogens with one attached hydrogen (secondary N) is 2. The van der Waals surface area contributed by atoms with Crippen LogP contribution in [0, 0.1) is 36.5 Å². The van der Waals surface area contributed by atoms with Gasteiger partial charge in [0, 0.05) is 51.1 Å². The molecule has 2 fully saturated rings. The normalized spacial score (nSPS) is 25.1. The molecule has 48 heavy (non-hydrogen) atoms. The van der Waals surface area contributed by atoms with E-state index in [4.69, 9.17) is 23.1 Å². The van der Waals surface area contributed by atoms with Crippen LogP contribution in [0.3, 0.4) is 0 Å². The predicted octanol–water partition coefficient (Wildman–Crippen LogP) is 5.09. The van der Waals surface area contributed by atoms with E-state index in [1.807, 2.05) is 0 Å². The number of fused-ring (bicyclic) bond motifs is 1. The van der Waals surface area contributed by atoms with Crippen molar-refractivity contribution in [2.75, 3.05) is 26.4 Å². The minimum atomic E-state index is -2.75. The van der Waals surface area contributed by atoms with Crippen LogP contribution in [0.15, 0.2) is 15.8 Å². The Morgan fingerprint density at radius 1 is 1.02 bits per heavy atom. The highest BCUT2D eigenvalue weighted by molar-refractivity contribution is 6.70. The van der Waals surface area contributed by atoms with Crippen LogP contribution in [-0.2, 0) is 27.9 Å². The molecule has 0 radical (unpaired) electrons. The number of H-pyrrole nitrogens is 1. The largest absolute Gasteiger partial charge is 0.460 e. The van der Waals surface area contributed by atoms with Gasteiger partial charge in [-0.1, -0.05) is 40.5 Å². The zero-order valence-corrected chi connectivity index (χ0v) is 30.5. The van der Waals surface area contributed by atoms with E-state index in [1.54, 1.807) is 6.92 Å². The lowest BCUT2D eigenvalue weighted by Crippen LogP contribution is -2.50. The fraction of sp³-hybridized carbons (Fsp3) is 0.771. The number of nitrogens with zero attached hydrogens (tertiary/aromatic N) is 1. The van der Waals surface area contributed by atoms with Crippen molar-refractivity contribution in [2.45, 2.75) is 129 Å². The summed E-state index contributed by atoms with van der Waals surface area (Å²) in [6, 6.07) is 0. The number of carbonyl (C=O) groups is 2. The van der Waals surface area contributed by atoms with Gasteiger partial charge in [0.1, 0.15) is 18.4 Å². The highest BCUT2D eigenvalue weighted by Crippen LogP contribution is 2.52. The summed E-state index contributed by atoms with van der Waals surface area (Å²) in [7, 11) is -2.75. The Labute approximate surface area is 285 Å². The molecule has 0 bridgehead atoms. The van der Waals surface area contributed by atoms with Crippen LogP contribution in [0.25, 0.3) is 0 Å². The van der Waals surface area contributed by atoms with E-state index in [1.165, 1.54) is 17.7 Å². The monoisotopic (exact) mass is 689 g/mol. The lowest BCUT2D eigenvalue weighted by Gasteiger charge is -2.38. The molecule has 4 rings (SSSR count). The highest BCUT2D eigenvalue weighted by Gasteiger charge is 2.49. The molecule has 2 heterocycles. The average Bonchev–Trinajstić information content (AvgIpc) is 3.49. The van der Waals surface area contributed by atoms with Gasteiger partial charge in [0.25, 0.3) is 5.56 Å². The Morgan fingerprint density at radius 3 is 2.33 bits per heavy atom. The van der Waals surface area contributed by atoms with Gasteiger partial charge >= 0.3 is 26.3 Å². The van der Waals surface area contributed by atoms with Gasteiger partial charge in [-0.2, -0.15) is 0 Å². The Hall–Kier alpha value is -2.92. The average molecular weight is 690 g/mol. The molecule has 2 N–H and O–H groups in total. The lowest BCUT2D eigenvalue weighted by atomic mass is 10.1. The van der Waals surface area contributed by atoms with Crippen LogP contribution in [0.2, 0.25) is 11.1 Å². The predicted molar refractivity (Wildman–Crippen MR) is 183 cm³/mol. The van der Waals surface area contributed by atoms with E-state index in [0.717, 1.165) is 51.4 Å². The van der Waals surface area contributed by atoms with E-state index >= 15 is 0 Å². The number of hydrogen-bond donors (Lipinski definition) is 2. The number of esters is 1. The maximum Gasteiger partial charge on any atom is 0.407 e. The molecule has 0 unspecified atom stereocenters. The Morgan fingerprint density at radius 2 is 1.69 bits per heavy atom. The lowest BCUT2D eigenvalue weighted by molar-refractivity contribution is -0.150. The molecule has 1 aromatic heterocycles. The van der Waals surface area contributed by atoms with Gasteiger partial charge in [0.2, 0.25) is 0 Å². The summed E-state index contributed by atoms with van der Waals surface area (Å²) < 4.78 is 31.9. The number of carbonyl (C=O) groups excluding carboxylic acids is 2. The van der Waals surface area contributed by atoms with Crippen molar-refractivity contribution >= 4 is 20.6 Å². The molecule has 268 valence electrons. The number of rotatable bonds is 17. The minimum Gasteiger partial charge on any atom is -0.460 e. The summed E-state index contributed by atoms with van der Waals surface area (Å²) in [5.41, 5.74) is -0.374. The molecule has 1 aliphatic heterocycles. The van der Waals surface area contributed by atoms with E-state index < -0.39 is 44.2 Å². The first-order chi connectivity index (χ1) is 22.9. The number of unbranched alkanes of at least 4 members (excludes halogenated alkanes) is 3. The third kappa shape index (κ3) is 10.1. The molecular formula is C35H55N3O9Si. The maximum atomic E-state index is 12.5. The van der Waals surface area contributed by atoms with Crippen LogP contribution in [0.1, 0.15) is 104 Å². The Balaban J connectivity index is 1.19. The topological polar surface area (TPSA) is 147 Å². The molecule has 0 aromatic carbocycles. The van der Waals surface area contributed by atoms with E-state index in [-0.39, 0.29) is 30.2 Å². The number of amides is 1. The van der Waals surface area contributed by atoms with Crippen LogP contribution < -0.4 is 16.6 Å². The van der Waals surface area contributed by atoms with Crippen LogP contribution in [0.5, 0.6) is 0 Å². The van der Waals surface area contributed by atoms with Gasteiger partial charge in [0.15, 0.2) is 0 Å². The van der Waals surface area contributed by atoms with Crippen molar-refractivity contribution in [1.82, 2.24) is 14.9 Å². The zero-order chi connectivity index (χ0) is 34.8. The fourth-order valence-corrected chi connectivity index (χ4v) is 10.9. The first-order valence-electron chi connectivity index (χ1n) is 17.7. The van der Waals surface area contributed by atoms with E-state index in [2.05, 4.69) is 49.8 Å². The molecule has 12 nitrogen and oxygen atoms in total. The standard InChI is InChI=1S/C35H55N3O9Si/c1-23(2)48(24(3)4,45-22-31-30(46-26(6)39)19-32(47-31)38-20-25(5)33(40)37-34(38)41)44-18-14-10-9-13-17-36-35(42)43-21-29-27-15-11-7-8-12-16-28(27)29/h20,23-24,27-32H,9-19,21-22H2,1-6H3,(H,36,42)(H,37,40,41)/t27-,28+,29-,30-,31-,32-/m1/s1. The fourth-order valence-electron chi connectivity index (χ4n) is 7.25.